The smallest absolute Gasteiger partial charge is 0.0522 e. The number of aromatic nitrogens is 2. The minimum Gasteiger partial charge on any atom is -0.285 e. The normalized spacial score (nSPS) is 9.23. The van der Waals surface area contributed by atoms with Crippen molar-refractivity contribution in [1.82, 2.24) is 10.2 Å². The van der Waals surface area contributed by atoms with E-state index in [4.69, 9.17) is 0 Å². The van der Waals surface area contributed by atoms with Crippen LogP contribution in [0.15, 0.2) is 42.7 Å². The maximum atomic E-state index is 3.89. The predicted octanol–water partition coefficient (Wildman–Crippen LogP) is 2.42. The number of nitrogens with zero attached hydrogens (tertiary/aromatic N) is 1. The Bertz CT molecular complexity index is 329. The Morgan fingerprint density at radius 2 is 1.85 bits per heavy atom. The molecule has 0 aliphatic heterocycles. The molecule has 0 aliphatic rings. The van der Waals surface area contributed by atoms with Gasteiger partial charge >= 0.3 is 0 Å². The molecular weight excluding hydrogens is 184 g/mol. The molecule has 1 aromatic carbocycles. The molecule has 0 saturated heterocycles. The van der Waals surface area contributed by atoms with E-state index in [2.05, 4.69) is 34.5 Å². The SMILES string of the molecule is Cl.c1ccc(Cc2cn[nH]c2)cc1. The van der Waals surface area contributed by atoms with E-state index in [0.717, 1.165) is 6.42 Å². The summed E-state index contributed by atoms with van der Waals surface area (Å²) >= 11 is 0. The van der Waals surface area contributed by atoms with Gasteiger partial charge in [-0.3, -0.25) is 5.10 Å². The van der Waals surface area contributed by atoms with Crippen LogP contribution in [0.5, 0.6) is 0 Å². The van der Waals surface area contributed by atoms with E-state index in [1.54, 1.807) is 0 Å². The number of hydrogen-bond acceptors (Lipinski definition) is 1. The number of H-pyrrole nitrogens is 1. The molecule has 0 unspecified atom stereocenters. The lowest BCUT2D eigenvalue weighted by Crippen LogP contribution is -1.83. The van der Waals surface area contributed by atoms with E-state index < -0.39 is 0 Å². The highest BCUT2D eigenvalue weighted by Gasteiger charge is 1.94. The van der Waals surface area contributed by atoms with Crippen LogP contribution in [0.3, 0.4) is 0 Å². The molecule has 1 heterocycles. The monoisotopic (exact) mass is 194 g/mol. The third-order valence-corrected chi connectivity index (χ3v) is 1.81. The molecule has 3 heteroatoms. The number of benzene rings is 1. The van der Waals surface area contributed by atoms with Gasteiger partial charge in [0.25, 0.3) is 0 Å². The Morgan fingerprint density at radius 1 is 1.08 bits per heavy atom. The molecule has 0 saturated carbocycles. The lowest BCUT2D eigenvalue weighted by Gasteiger charge is -1.95. The third-order valence-electron chi connectivity index (χ3n) is 1.81. The molecule has 1 aromatic heterocycles. The van der Waals surface area contributed by atoms with Crippen molar-refractivity contribution in [1.29, 1.82) is 0 Å². The van der Waals surface area contributed by atoms with E-state index in [0.29, 0.717) is 0 Å². The van der Waals surface area contributed by atoms with E-state index in [9.17, 15) is 0 Å². The topological polar surface area (TPSA) is 28.7 Å². The highest BCUT2D eigenvalue weighted by atomic mass is 35.5. The zero-order valence-electron chi connectivity index (χ0n) is 7.10. The number of nitrogens with one attached hydrogen (secondary N) is 1. The molecule has 0 radical (unpaired) electrons. The third kappa shape index (κ3) is 2.60. The molecule has 68 valence electrons. The maximum absolute atomic E-state index is 3.89. The van der Waals surface area contributed by atoms with E-state index >= 15 is 0 Å². The molecule has 0 aliphatic carbocycles. The van der Waals surface area contributed by atoms with Crippen LogP contribution < -0.4 is 0 Å². The molecule has 2 aromatic rings. The first-order chi connectivity index (χ1) is 5.95. The molecular formula is C10H11ClN2. The van der Waals surface area contributed by atoms with Crippen molar-refractivity contribution in [3.8, 4) is 0 Å². The molecule has 0 fully saturated rings. The Kier molecular flexibility index (Phi) is 3.53. The molecule has 0 amide bonds. The van der Waals surface area contributed by atoms with Crippen LogP contribution in [0, 0.1) is 0 Å². The summed E-state index contributed by atoms with van der Waals surface area (Å²) in [7, 11) is 0. The zero-order valence-corrected chi connectivity index (χ0v) is 7.92. The van der Waals surface area contributed by atoms with Crippen molar-refractivity contribution in [2.75, 3.05) is 0 Å². The fourth-order valence-corrected chi connectivity index (χ4v) is 1.21. The molecule has 1 N–H and O–H groups in total. The highest BCUT2D eigenvalue weighted by molar-refractivity contribution is 5.85. The Morgan fingerprint density at radius 3 is 2.46 bits per heavy atom. The first-order valence-electron chi connectivity index (χ1n) is 3.97. The fourth-order valence-electron chi connectivity index (χ4n) is 1.21. The van der Waals surface area contributed by atoms with Crippen LogP contribution >= 0.6 is 12.4 Å². The van der Waals surface area contributed by atoms with Gasteiger partial charge in [0.05, 0.1) is 6.20 Å². The van der Waals surface area contributed by atoms with Crippen molar-refractivity contribution in [3.63, 3.8) is 0 Å². The van der Waals surface area contributed by atoms with E-state index in [1.165, 1.54) is 11.1 Å². The summed E-state index contributed by atoms with van der Waals surface area (Å²) < 4.78 is 0. The Labute approximate surface area is 83.4 Å². The number of halogens is 1. The summed E-state index contributed by atoms with van der Waals surface area (Å²) in [6, 6.07) is 10.4. The average Bonchev–Trinajstić information content (AvgIpc) is 2.59. The first kappa shape index (κ1) is 9.81. The van der Waals surface area contributed by atoms with Crippen LogP contribution in [0.1, 0.15) is 11.1 Å². The highest BCUT2D eigenvalue weighted by Crippen LogP contribution is 2.06. The van der Waals surface area contributed by atoms with Gasteiger partial charge in [-0.15, -0.1) is 12.4 Å². The molecule has 0 bridgehead atoms. The zero-order chi connectivity index (χ0) is 8.23. The van der Waals surface area contributed by atoms with Gasteiger partial charge in [0.15, 0.2) is 0 Å². The van der Waals surface area contributed by atoms with Crippen LogP contribution in [0.25, 0.3) is 0 Å². The molecule has 13 heavy (non-hydrogen) atoms. The van der Waals surface area contributed by atoms with Crippen LogP contribution in [0.2, 0.25) is 0 Å². The molecule has 2 nitrogen and oxygen atoms in total. The van der Waals surface area contributed by atoms with Gasteiger partial charge in [-0.2, -0.15) is 5.10 Å². The number of aromatic amines is 1. The van der Waals surface area contributed by atoms with Crippen molar-refractivity contribution in [3.05, 3.63) is 53.9 Å². The van der Waals surface area contributed by atoms with Crippen molar-refractivity contribution in [2.24, 2.45) is 0 Å². The van der Waals surface area contributed by atoms with Crippen LogP contribution in [-0.2, 0) is 6.42 Å². The van der Waals surface area contributed by atoms with Gasteiger partial charge < -0.3 is 0 Å². The summed E-state index contributed by atoms with van der Waals surface area (Å²) in [6.07, 6.45) is 4.73. The molecule has 2 rings (SSSR count). The van der Waals surface area contributed by atoms with Gasteiger partial charge in [-0.25, -0.2) is 0 Å². The average molecular weight is 195 g/mol. The van der Waals surface area contributed by atoms with Crippen LogP contribution in [-0.4, -0.2) is 10.2 Å². The standard InChI is InChI=1S/C10H10N2.ClH/c1-2-4-9(5-3-1)6-10-7-11-12-8-10;/h1-5,7-8H,6H2,(H,11,12);1H. The van der Waals surface area contributed by atoms with Gasteiger partial charge in [0.1, 0.15) is 0 Å². The van der Waals surface area contributed by atoms with Gasteiger partial charge in [0.2, 0.25) is 0 Å². The summed E-state index contributed by atoms with van der Waals surface area (Å²) in [5.74, 6) is 0. The van der Waals surface area contributed by atoms with Crippen molar-refractivity contribution < 1.29 is 0 Å². The minimum absolute atomic E-state index is 0. The van der Waals surface area contributed by atoms with E-state index in [1.807, 2.05) is 18.5 Å². The maximum Gasteiger partial charge on any atom is 0.0522 e. The number of hydrogen-bond donors (Lipinski definition) is 1. The first-order valence-corrected chi connectivity index (χ1v) is 3.97. The summed E-state index contributed by atoms with van der Waals surface area (Å²) in [5.41, 5.74) is 2.54. The second kappa shape index (κ2) is 4.67. The Balaban J connectivity index is 0.000000845. The summed E-state index contributed by atoms with van der Waals surface area (Å²) in [6.45, 7) is 0. The predicted molar refractivity (Wildman–Crippen MR) is 55.1 cm³/mol. The quantitative estimate of drug-likeness (QED) is 0.782. The minimum atomic E-state index is 0. The van der Waals surface area contributed by atoms with Gasteiger partial charge in [0, 0.05) is 12.6 Å². The summed E-state index contributed by atoms with van der Waals surface area (Å²) in [4.78, 5) is 0. The number of rotatable bonds is 2. The second-order valence-electron chi connectivity index (χ2n) is 2.77. The van der Waals surface area contributed by atoms with Crippen LogP contribution in [0.4, 0.5) is 0 Å². The largest absolute Gasteiger partial charge is 0.285 e. The lowest BCUT2D eigenvalue weighted by atomic mass is 10.1. The summed E-state index contributed by atoms with van der Waals surface area (Å²) in [5, 5.41) is 6.69. The second-order valence-corrected chi connectivity index (χ2v) is 2.77. The molecule has 0 atom stereocenters. The molecule has 0 spiro atoms. The Hall–Kier alpha value is -1.28. The lowest BCUT2D eigenvalue weighted by molar-refractivity contribution is 1.09. The van der Waals surface area contributed by atoms with Crippen molar-refractivity contribution >= 4 is 12.4 Å². The van der Waals surface area contributed by atoms with Gasteiger partial charge in [-0.1, -0.05) is 30.3 Å². The van der Waals surface area contributed by atoms with Gasteiger partial charge in [-0.05, 0) is 11.1 Å². The van der Waals surface area contributed by atoms with E-state index in [-0.39, 0.29) is 12.4 Å². The van der Waals surface area contributed by atoms with Crippen molar-refractivity contribution in [2.45, 2.75) is 6.42 Å². The fraction of sp³-hybridized carbons (Fsp3) is 0.100.